The molecule has 1 aromatic heterocycles. The number of amides is 1. The van der Waals surface area contributed by atoms with Gasteiger partial charge in [-0.05, 0) is 43.7 Å². The Labute approximate surface area is 162 Å². The minimum atomic E-state index is -0.491. The van der Waals surface area contributed by atoms with Crippen molar-refractivity contribution < 1.29 is 4.79 Å². The lowest BCUT2D eigenvalue weighted by Crippen LogP contribution is -2.14. The summed E-state index contributed by atoms with van der Waals surface area (Å²) in [5.74, 6) is -0.491. The molecular weight excluding hydrogens is 360 g/mol. The highest BCUT2D eigenvalue weighted by molar-refractivity contribution is 6.31. The van der Waals surface area contributed by atoms with Crippen molar-refractivity contribution in [2.45, 2.75) is 13.8 Å². The van der Waals surface area contributed by atoms with E-state index in [0.717, 1.165) is 11.3 Å². The summed E-state index contributed by atoms with van der Waals surface area (Å²) in [4.78, 5) is 12.5. The van der Waals surface area contributed by atoms with Gasteiger partial charge in [-0.2, -0.15) is 10.4 Å². The number of anilines is 1. The van der Waals surface area contributed by atoms with Crippen molar-refractivity contribution in [3.05, 3.63) is 82.1 Å². The lowest BCUT2D eigenvalue weighted by molar-refractivity contribution is -0.112. The van der Waals surface area contributed by atoms with E-state index in [-0.39, 0.29) is 5.57 Å². The maximum Gasteiger partial charge on any atom is 0.266 e. The summed E-state index contributed by atoms with van der Waals surface area (Å²) in [6.07, 6.45) is 1.47. The number of hydrogen-bond acceptors (Lipinski definition) is 3. The molecule has 5 nitrogen and oxygen atoms in total. The summed E-state index contributed by atoms with van der Waals surface area (Å²) in [6.45, 7) is 3.67. The molecule has 0 fully saturated rings. The van der Waals surface area contributed by atoms with Crippen LogP contribution in [0.4, 0.5) is 5.69 Å². The van der Waals surface area contributed by atoms with Gasteiger partial charge in [-0.25, -0.2) is 4.68 Å². The molecule has 0 saturated carbocycles. The number of nitriles is 1. The van der Waals surface area contributed by atoms with Gasteiger partial charge >= 0.3 is 0 Å². The van der Waals surface area contributed by atoms with E-state index < -0.39 is 5.91 Å². The van der Waals surface area contributed by atoms with Crippen LogP contribution >= 0.6 is 11.6 Å². The summed E-state index contributed by atoms with van der Waals surface area (Å²) in [7, 11) is 0. The summed E-state index contributed by atoms with van der Waals surface area (Å²) in [5.41, 5.74) is 3.49. The van der Waals surface area contributed by atoms with Crippen molar-refractivity contribution in [1.29, 1.82) is 5.26 Å². The Bertz CT molecular complexity index is 1060. The van der Waals surface area contributed by atoms with Crippen LogP contribution < -0.4 is 5.32 Å². The van der Waals surface area contributed by atoms with Crippen LogP contribution in [0.5, 0.6) is 0 Å². The zero-order valence-corrected chi connectivity index (χ0v) is 15.7. The van der Waals surface area contributed by atoms with Gasteiger partial charge in [0.25, 0.3) is 5.91 Å². The molecule has 1 amide bonds. The molecule has 1 heterocycles. The van der Waals surface area contributed by atoms with Crippen molar-refractivity contribution in [3.63, 3.8) is 0 Å². The Morgan fingerprint density at radius 1 is 1.15 bits per heavy atom. The van der Waals surface area contributed by atoms with Gasteiger partial charge in [-0.3, -0.25) is 4.79 Å². The number of carbonyl (C=O) groups excluding carboxylic acids is 1. The second-order valence-electron chi connectivity index (χ2n) is 5.98. The highest BCUT2D eigenvalue weighted by Gasteiger charge is 2.17. The molecule has 1 N–H and O–H groups in total. The molecule has 3 rings (SSSR count). The Kier molecular flexibility index (Phi) is 5.39. The number of nitrogens with one attached hydrogen (secondary N) is 1. The van der Waals surface area contributed by atoms with Gasteiger partial charge in [0.1, 0.15) is 16.8 Å². The Balaban J connectivity index is 1.95. The van der Waals surface area contributed by atoms with Gasteiger partial charge in [0, 0.05) is 11.3 Å². The lowest BCUT2D eigenvalue weighted by Gasteiger charge is -2.07. The molecule has 0 spiro atoms. The van der Waals surface area contributed by atoms with E-state index in [0.29, 0.717) is 22.1 Å². The minimum Gasteiger partial charge on any atom is -0.321 e. The standard InChI is InChI=1S/C21H17ClN4O/c1-14-8-6-7-11-19(14)24-21(27)16(13-23)12-18-15(2)25-26(20(18)22)17-9-4-3-5-10-17/h3-12H,1-2H3,(H,24,27). The molecular formula is C21H17ClN4O. The second kappa shape index (κ2) is 7.90. The van der Waals surface area contributed by atoms with Crippen LogP contribution in [0.15, 0.2) is 60.2 Å². The maximum atomic E-state index is 12.5. The van der Waals surface area contributed by atoms with Gasteiger partial charge < -0.3 is 5.32 Å². The normalized spacial score (nSPS) is 11.1. The quantitative estimate of drug-likeness (QED) is 0.530. The van der Waals surface area contributed by atoms with Crippen molar-refractivity contribution in [2.75, 3.05) is 5.32 Å². The molecule has 0 aliphatic heterocycles. The Morgan fingerprint density at radius 3 is 2.48 bits per heavy atom. The Morgan fingerprint density at radius 2 is 1.81 bits per heavy atom. The third kappa shape index (κ3) is 3.91. The van der Waals surface area contributed by atoms with Gasteiger partial charge in [-0.15, -0.1) is 0 Å². The maximum absolute atomic E-state index is 12.5. The molecule has 0 unspecified atom stereocenters. The number of nitrogens with zero attached hydrogens (tertiary/aromatic N) is 3. The average molecular weight is 377 g/mol. The molecule has 0 aliphatic rings. The summed E-state index contributed by atoms with van der Waals surface area (Å²) < 4.78 is 1.58. The first-order valence-corrected chi connectivity index (χ1v) is 8.68. The molecule has 6 heteroatoms. The van der Waals surface area contributed by atoms with Crippen LogP contribution in [0.2, 0.25) is 5.15 Å². The molecule has 0 radical (unpaired) electrons. The molecule has 2 aromatic carbocycles. The first kappa shape index (κ1) is 18.4. The van der Waals surface area contributed by atoms with Gasteiger partial charge in [-0.1, -0.05) is 48.0 Å². The van der Waals surface area contributed by atoms with E-state index in [1.165, 1.54) is 6.08 Å². The highest BCUT2D eigenvalue weighted by atomic mass is 35.5. The highest BCUT2D eigenvalue weighted by Crippen LogP contribution is 2.26. The molecule has 0 bridgehead atoms. The van der Waals surface area contributed by atoms with Crippen LogP contribution in [-0.4, -0.2) is 15.7 Å². The third-order valence-corrected chi connectivity index (χ3v) is 4.46. The monoisotopic (exact) mass is 376 g/mol. The number of hydrogen-bond donors (Lipinski definition) is 1. The van der Waals surface area contributed by atoms with Gasteiger partial charge in [0.2, 0.25) is 0 Å². The largest absolute Gasteiger partial charge is 0.321 e. The van der Waals surface area contributed by atoms with Gasteiger partial charge in [0.15, 0.2) is 0 Å². The van der Waals surface area contributed by atoms with Crippen molar-refractivity contribution in [1.82, 2.24) is 9.78 Å². The molecule has 0 atom stereocenters. The van der Waals surface area contributed by atoms with Crippen molar-refractivity contribution in [2.24, 2.45) is 0 Å². The first-order chi connectivity index (χ1) is 13.0. The van der Waals surface area contributed by atoms with E-state index >= 15 is 0 Å². The van der Waals surface area contributed by atoms with E-state index in [4.69, 9.17) is 11.6 Å². The van der Waals surface area contributed by atoms with Crippen LogP contribution in [0.25, 0.3) is 11.8 Å². The smallest absolute Gasteiger partial charge is 0.266 e. The topological polar surface area (TPSA) is 70.7 Å². The van der Waals surface area contributed by atoms with E-state index in [2.05, 4.69) is 10.4 Å². The minimum absolute atomic E-state index is 0.0455. The molecule has 134 valence electrons. The second-order valence-corrected chi connectivity index (χ2v) is 6.33. The number of halogens is 1. The average Bonchev–Trinajstić information content (AvgIpc) is 2.96. The number of aryl methyl sites for hydroxylation is 2. The zero-order chi connectivity index (χ0) is 19.4. The molecule has 0 aliphatic carbocycles. The van der Waals surface area contributed by atoms with Crippen LogP contribution in [0.3, 0.4) is 0 Å². The number of aromatic nitrogens is 2. The first-order valence-electron chi connectivity index (χ1n) is 8.30. The fraction of sp³-hybridized carbons (Fsp3) is 0.0952. The summed E-state index contributed by atoms with van der Waals surface area (Å²) >= 11 is 6.47. The number of rotatable bonds is 4. The number of carbonyl (C=O) groups is 1. The fourth-order valence-corrected chi connectivity index (χ4v) is 2.94. The SMILES string of the molecule is Cc1ccccc1NC(=O)C(C#N)=Cc1c(C)nn(-c2ccccc2)c1Cl. The van der Waals surface area contributed by atoms with Crippen LogP contribution in [-0.2, 0) is 4.79 Å². The fourth-order valence-electron chi connectivity index (χ4n) is 2.61. The third-order valence-electron chi connectivity index (χ3n) is 4.10. The van der Waals surface area contributed by atoms with E-state index in [1.807, 2.05) is 61.5 Å². The van der Waals surface area contributed by atoms with Crippen LogP contribution in [0.1, 0.15) is 16.8 Å². The van der Waals surface area contributed by atoms with Crippen molar-refractivity contribution in [3.8, 4) is 11.8 Å². The van der Waals surface area contributed by atoms with Crippen LogP contribution in [0, 0.1) is 25.2 Å². The molecule has 3 aromatic rings. The lowest BCUT2D eigenvalue weighted by atomic mass is 10.1. The predicted octanol–water partition coefficient (Wildman–Crippen LogP) is 4.69. The van der Waals surface area contributed by atoms with E-state index in [9.17, 15) is 10.1 Å². The molecule has 0 saturated heterocycles. The Hall–Kier alpha value is -3.36. The number of para-hydroxylation sites is 2. The summed E-state index contributed by atoms with van der Waals surface area (Å²) in [5, 5.41) is 17.0. The zero-order valence-electron chi connectivity index (χ0n) is 14.9. The predicted molar refractivity (Wildman–Crippen MR) is 107 cm³/mol. The number of benzene rings is 2. The van der Waals surface area contributed by atoms with Crippen molar-refractivity contribution >= 4 is 29.3 Å². The van der Waals surface area contributed by atoms with E-state index in [1.54, 1.807) is 17.7 Å². The molecule has 27 heavy (non-hydrogen) atoms. The summed E-state index contributed by atoms with van der Waals surface area (Å²) in [6, 6.07) is 18.7. The van der Waals surface area contributed by atoms with Gasteiger partial charge in [0.05, 0.1) is 11.4 Å².